The van der Waals surface area contributed by atoms with Crippen molar-refractivity contribution < 1.29 is 9.53 Å². The Morgan fingerprint density at radius 2 is 1.89 bits per heavy atom. The van der Waals surface area contributed by atoms with Crippen LogP contribution in [0.15, 0.2) is 17.1 Å². The van der Waals surface area contributed by atoms with Crippen LogP contribution >= 0.6 is 0 Å². The van der Waals surface area contributed by atoms with Gasteiger partial charge in [-0.05, 0) is 39.2 Å². The lowest BCUT2D eigenvalue weighted by atomic mass is 10.1. The van der Waals surface area contributed by atoms with Gasteiger partial charge in [0.05, 0.1) is 5.69 Å². The number of piperazine rings is 1. The van der Waals surface area contributed by atoms with Gasteiger partial charge in [-0.15, -0.1) is 0 Å². The number of aryl methyl sites for hydroxylation is 1. The quantitative estimate of drug-likeness (QED) is 0.810. The van der Waals surface area contributed by atoms with Crippen molar-refractivity contribution in [1.29, 1.82) is 5.26 Å². The second-order valence-corrected chi connectivity index (χ2v) is 8.32. The van der Waals surface area contributed by atoms with Crippen LogP contribution in [0.2, 0.25) is 0 Å². The normalized spacial score (nSPS) is 15.0. The molecule has 2 heterocycles. The zero-order valence-corrected chi connectivity index (χ0v) is 17.0. The van der Waals surface area contributed by atoms with Crippen LogP contribution in [0.1, 0.15) is 46.6 Å². The number of hydrogen-bond acceptors (Lipinski definition) is 5. The summed E-state index contributed by atoms with van der Waals surface area (Å²) in [6, 6.07) is 3.91. The first kappa shape index (κ1) is 20.8. The van der Waals surface area contributed by atoms with E-state index in [4.69, 9.17) is 4.74 Å². The molecule has 27 heavy (non-hydrogen) atoms. The molecule has 0 N–H and O–H groups in total. The van der Waals surface area contributed by atoms with E-state index in [1.165, 1.54) is 0 Å². The fourth-order valence-corrected chi connectivity index (χ4v) is 2.96. The lowest BCUT2D eigenvalue weighted by Gasteiger charge is -2.37. The molecule has 0 radical (unpaired) electrons. The third kappa shape index (κ3) is 5.49. The number of hydrogen-bond donors (Lipinski definition) is 0. The van der Waals surface area contributed by atoms with Crippen molar-refractivity contribution >= 4 is 11.8 Å². The van der Waals surface area contributed by atoms with Crippen LogP contribution < -0.4 is 10.5 Å². The van der Waals surface area contributed by atoms with E-state index >= 15 is 0 Å². The smallest absolute Gasteiger partial charge is 0.410 e. The number of pyridine rings is 1. The lowest BCUT2D eigenvalue weighted by Crippen LogP contribution is -2.50. The molecule has 1 amide bonds. The van der Waals surface area contributed by atoms with E-state index in [1.54, 1.807) is 15.7 Å². The predicted molar refractivity (Wildman–Crippen MR) is 105 cm³/mol. The van der Waals surface area contributed by atoms with Gasteiger partial charge in [-0.2, -0.15) is 5.26 Å². The number of nitrogens with zero attached hydrogens (tertiary/aromatic N) is 4. The van der Waals surface area contributed by atoms with Gasteiger partial charge in [0.25, 0.3) is 5.56 Å². The average molecular weight is 374 g/mol. The number of carbonyl (C=O) groups is 1. The summed E-state index contributed by atoms with van der Waals surface area (Å²) in [7, 11) is 0. The molecule has 1 aromatic rings. The second-order valence-electron chi connectivity index (χ2n) is 8.32. The van der Waals surface area contributed by atoms with Gasteiger partial charge in [-0.1, -0.05) is 13.8 Å². The molecule has 7 heteroatoms. The Hall–Kier alpha value is -2.49. The Labute approximate surface area is 161 Å². The predicted octanol–water partition coefficient (Wildman–Crippen LogP) is 2.82. The van der Waals surface area contributed by atoms with Crippen molar-refractivity contribution in [3.05, 3.63) is 28.2 Å². The van der Waals surface area contributed by atoms with E-state index < -0.39 is 5.60 Å². The van der Waals surface area contributed by atoms with Gasteiger partial charge >= 0.3 is 6.09 Å². The topological polar surface area (TPSA) is 78.6 Å². The summed E-state index contributed by atoms with van der Waals surface area (Å²) in [4.78, 5) is 28.5. The molecule has 0 spiro atoms. The number of carbonyl (C=O) groups excluding carboxylic acids is 1. The molecule has 0 aromatic carbocycles. The van der Waals surface area contributed by atoms with Gasteiger partial charge < -0.3 is 19.1 Å². The van der Waals surface area contributed by atoms with E-state index in [9.17, 15) is 14.9 Å². The highest BCUT2D eigenvalue weighted by Gasteiger charge is 2.27. The van der Waals surface area contributed by atoms with Crippen LogP contribution in [0.5, 0.6) is 0 Å². The van der Waals surface area contributed by atoms with E-state index in [0.717, 1.165) is 6.42 Å². The maximum Gasteiger partial charge on any atom is 0.410 e. The van der Waals surface area contributed by atoms with E-state index in [0.29, 0.717) is 44.3 Å². The van der Waals surface area contributed by atoms with Gasteiger partial charge in [-0.3, -0.25) is 4.79 Å². The van der Waals surface area contributed by atoms with Crippen molar-refractivity contribution in [2.75, 3.05) is 31.1 Å². The van der Waals surface area contributed by atoms with Crippen molar-refractivity contribution in [3.8, 4) is 6.07 Å². The summed E-state index contributed by atoms with van der Waals surface area (Å²) in [5, 5.41) is 9.53. The Morgan fingerprint density at radius 1 is 1.26 bits per heavy atom. The molecular weight excluding hydrogens is 344 g/mol. The fraction of sp³-hybridized carbons (Fsp3) is 0.650. The molecule has 0 bridgehead atoms. The first-order chi connectivity index (χ1) is 12.6. The fourth-order valence-electron chi connectivity index (χ4n) is 2.96. The van der Waals surface area contributed by atoms with Crippen LogP contribution in [-0.2, 0) is 11.3 Å². The van der Waals surface area contributed by atoms with Crippen LogP contribution in [0.3, 0.4) is 0 Å². The zero-order chi connectivity index (χ0) is 20.2. The highest BCUT2D eigenvalue weighted by Crippen LogP contribution is 2.20. The molecule has 1 fully saturated rings. The van der Waals surface area contributed by atoms with Crippen LogP contribution in [0.25, 0.3) is 0 Å². The molecule has 0 atom stereocenters. The number of anilines is 1. The van der Waals surface area contributed by atoms with Gasteiger partial charge in [0.15, 0.2) is 0 Å². The summed E-state index contributed by atoms with van der Waals surface area (Å²) in [6.45, 7) is 12.5. The van der Waals surface area contributed by atoms with Crippen LogP contribution in [-0.4, -0.2) is 47.3 Å². The molecular formula is C20H30N4O3. The third-order valence-electron chi connectivity index (χ3n) is 4.47. The minimum absolute atomic E-state index is 0.173. The Morgan fingerprint density at radius 3 is 2.41 bits per heavy atom. The molecule has 1 aliphatic rings. The monoisotopic (exact) mass is 374 g/mol. The van der Waals surface area contributed by atoms with Gasteiger partial charge in [0.2, 0.25) is 0 Å². The number of amides is 1. The summed E-state index contributed by atoms with van der Waals surface area (Å²) >= 11 is 0. The van der Waals surface area contributed by atoms with E-state index in [2.05, 4.69) is 19.9 Å². The van der Waals surface area contributed by atoms with Gasteiger partial charge in [-0.25, -0.2) is 4.79 Å². The largest absolute Gasteiger partial charge is 0.444 e. The highest BCUT2D eigenvalue weighted by atomic mass is 16.6. The number of aromatic nitrogens is 1. The minimum atomic E-state index is -0.525. The molecule has 0 unspecified atom stereocenters. The number of ether oxygens (including phenoxy) is 1. The molecule has 1 aliphatic heterocycles. The van der Waals surface area contributed by atoms with E-state index in [-0.39, 0.29) is 17.2 Å². The second kappa shape index (κ2) is 8.47. The van der Waals surface area contributed by atoms with Crippen LogP contribution in [0.4, 0.5) is 10.5 Å². The lowest BCUT2D eigenvalue weighted by molar-refractivity contribution is 0.0240. The Balaban J connectivity index is 2.10. The van der Waals surface area contributed by atoms with Gasteiger partial charge in [0, 0.05) is 38.9 Å². The molecule has 0 aliphatic carbocycles. The maximum absolute atomic E-state index is 12.6. The Kier molecular flexibility index (Phi) is 6.53. The average Bonchev–Trinajstić information content (AvgIpc) is 2.59. The van der Waals surface area contributed by atoms with Crippen LogP contribution in [0, 0.1) is 17.2 Å². The maximum atomic E-state index is 12.6. The molecule has 1 aromatic heterocycles. The van der Waals surface area contributed by atoms with Gasteiger partial charge in [0.1, 0.15) is 17.2 Å². The number of nitriles is 1. The summed E-state index contributed by atoms with van der Waals surface area (Å²) < 4.78 is 7.02. The van der Waals surface area contributed by atoms with Crippen molar-refractivity contribution in [3.63, 3.8) is 0 Å². The third-order valence-corrected chi connectivity index (χ3v) is 4.47. The standard InChI is InChI=1S/C20H30N4O3/c1-15(2)6-8-23-9-7-17(16(14-21)18(23)25)22-10-12-24(13-11-22)19(26)27-20(3,4)5/h7,9,15H,6,8,10-13H2,1-5H3. The summed E-state index contributed by atoms with van der Waals surface area (Å²) in [5.41, 5.74) is 0.0484. The molecule has 1 saturated heterocycles. The van der Waals surface area contributed by atoms with Crippen molar-refractivity contribution in [2.45, 2.75) is 53.2 Å². The number of rotatable bonds is 4. The van der Waals surface area contributed by atoms with Crippen molar-refractivity contribution in [1.82, 2.24) is 9.47 Å². The summed E-state index contributed by atoms with van der Waals surface area (Å²) in [6.07, 6.45) is 2.33. The molecule has 2 rings (SSSR count). The molecule has 148 valence electrons. The molecule has 7 nitrogen and oxygen atoms in total. The van der Waals surface area contributed by atoms with Crippen molar-refractivity contribution in [2.24, 2.45) is 5.92 Å². The Bertz CT molecular complexity index is 763. The highest BCUT2D eigenvalue weighted by molar-refractivity contribution is 5.69. The first-order valence-corrected chi connectivity index (χ1v) is 9.49. The van der Waals surface area contributed by atoms with E-state index in [1.807, 2.05) is 31.7 Å². The SMILES string of the molecule is CC(C)CCn1ccc(N2CCN(C(=O)OC(C)(C)C)CC2)c(C#N)c1=O. The zero-order valence-electron chi connectivity index (χ0n) is 17.0. The summed E-state index contributed by atoms with van der Waals surface area (Å²) in [5.74, 6) is 0.489. The minimum Gasteiger partial charge on any atom is -0.444 e. The molecule has 0 saturated carbocycles. The first-order valence-electron chi connectivity index (χ1n) is 9.49.